The van der Waals surface area contributed by atoms with Gasteiger partial charge in [0.05, 0.1) is 16.8 Å². The van der Waals surface area contributed by atoms with Crippen molar-refractivity contribution in [1.29, 1.82) is 0 Å². The summed E-state index contributed by atoms with van der Waals surface area (Å²) in [7, 11) is 0. The van der Waals surface area contributed by atoms with Crippen molar-refractivity contribution in [2.45, 2.75) is 98.3 Å². The number of fused-ring (bicyclic) bond motifs is 2. The third kappa shape index (κ3) is 10.2. The van der Waals surface area contributed by atoms with Gasteiger partial charge in [-0.1, -0.05) is 47.7 Å². The van der Waals surface area contributed by atoms with Crippen LogP contribution in [-0.2, 0) is 22.4 Å². The SMILES string of the molecule is Cc1c(OCCCC2CCN(C(=O)OC(C)(C)C)CC2)cccc1-c1ccc(N2CCc3cccc(C(=O)Nc4nc5ccccc5s4)c3C2)nc1C(=O)OC(C)(C)C. The number of pyridine rings is 1. The van der Waals surface area contributed by atoms with Gasteiger partial charge in [0.25, 0.3) is 5.91 Å². The van der Waals surface area contributed by atoms with E-state index in [9.17, 15) is 14.4 Å². The van der Waals surface area contributed by atoms with Crippen molar-refractivity contribution < 1.29 is 28.6 Å². The number of carbonyl (C=O) groups excluding carboxylic acids is 3. The van der Waals surface area contributed by atoms with E-state index in [0.717, 1.165) is 63.9 Å². The van der Waals surface area contributed by atoms with Gasteiger partial charge in [0.1, 0.15) is 22.8 Å². The summed E-state index contributed by atoms with van der Waals surface area (Å²) in [6, 6.07) is 23.4. The fourth-order valence-electron chi connectivity index (χ4n) is 7.75. The number of hydrogen-bond donors (Lipinski definition) is 1. The van der Waals surface area contributed by atoms with Crippen LogP contribution in [0.3, 0.4) is 0 Å². The van der Waals surface area contributed by atoms with Crippen LogP contribution in [0.25, 0.3) is 21.3 Å². The molecular formula is C47H55N5O6S. The number of benzene rings is 3. The maximum atomic E-state index is 13.9. The highest BCUT2D eigenvalue weighted by molar-refractivity contribution is 7.22. The number of thiazole rings is 1. The molecule has 2 aliphatic rings. The number of ether oxygens (including phenoxy) is 3. The first-order chi connectivity index (χ1) is 28.1. The molecule has 0 saturated carbocycles. The lowest BCUT2D eigenvalue weighted by Gasteiger charge is -2.33. The highest BCUT2D eigenvalue weighted by Gasteiger charge is 2.29. The Hall–Kier alpha value is -5.49. The number of aromatic nitrogens is 2. The Bertz CT molecular complexity index is 2300. The summed E-state index contributed by atoms with van der Waals surface area (Å²) < 4.78 is 18.8. The van der Waals surface area contributed by atoms with Gasteiger partial charge in [-0.2, -0.15) is 0 Å². The molecule has 0 spiro atoms. The van der Waals surface area contributed by atoms with Crippen molar-refractivity contribution in [3.05, 3.63) is 101 Å². The third-order valence-electron chi connectivity index (χ3n) is 10.7. The molecule has 4 heterocycles. The normalized spacial score (nSPS) is 14.8. The van der Waals surface area contributed by atoms with E-state index in [0.29, 0.717) is 67.2 Å². The lowest BCUT2D eigenvalue weighted by atomic mass is 9.92. The summed E-state index contributed by atoms with van der Waals surface area (Å²) in [5.74, 6) is 1.20. The molecule has 59 heavy (non-hydrogen) atoms. The number of nitrogens with zero attached hydrogens (tertiary/aromatic N) is 4. The number of amides is 2. The minimum absolute atomic E-state index is 0.210. The molecule has 310 valence electrons. The highest BCUT2D eigenvalue weighted by Crippen LogP contribution is 2.36. The van der Waals surface area contributed by atoms with Crippen LogP contribution in [0.15, 0.2) is 72.8 Å². The lowest BCUT2D eigenvalue weighted by Crippen LogP contribution is -2.41. The summed E-state index contributed by atoms with van der Waals surface area (Å²) in [4.78, 5) is 53.6. The molecular weight excluding hydrogens is 763 g/mol. The summed E-state index contributed by atoms with van der Waals surface area (Å²) in [5.41, 5.74) is 4.89. The second kappa shape index (κ2) is 17.4. The number of carbonyl (C=O) groups is 3. The zero-order chi connectivity index (χ0) is 41.9. The zero-order valence-electron chi connectivity index (χ0n) is 35.2. The molecule has 2 aromatic heterocycles. The molecule has 1 fully saturated rings. The van der Waals surface area contributed by atoms with Gasteiger partial charge in [0.2, 0.25) is 0 Å². The Morgan fingerprint density at radius 1 is 0.831 bits per heavy atom. The summed E-state index contributed by atoms with van der Waals surface area (Å²) >= 11 is 1.45. The number of hydrogen-bond acceptors (Lipinski definition) is 10. The van der Waals surface area contributed by atoms with Crippen LogP contribution in [0.2, 0.25) is 0 Å². The maximum Gasteiger partial charge on any atom is 0.410 e. The van der Waals surface area contributed by atoms with E-state index in [-0.39, 0.29) is 17.7 Å². The van der Waals surface area contributed by atoms with Crippen LogP contribution in [-0.4, -0.2) is 70.3 Å². The second-order valence-corrected chi connectivity index (χ2v) is 18.5. The van der Waals surface area contributed by atoms with Crippen LogP contribution in [0.1, 0.15) is 105 Å². The number of esters is 1. The van der Waals surface area contributed by atoms with Crippen LogP contribution in [0.5, 0.6) is 5.75 Å². The van der Waals surface area contributed by atoms with E-state index in [1.807, 2.05) is 120 Å². The summed E-state index contributed by atoms with van der Waals surface area (Å²) in [6.07, 6.45) is 4.30. The second-order valence-electron chi connectivity index (χ2n) is 17.5. The molecule has 0 atom stereocenters. The molecule has 11 nitrogen and oxygen atoms in total. The first-order valence-corrected chi connectivity index (χ1v) is 21.4. The van der Waals surface area contributed by atoms with E-state index in [1.165, 1.54) is 11.3 Å². The van der Waals surface area contributed by atoms with E-state index < -0.39 is 17.2 Å². The molecule has 3 aromatic carbocycles. The van der Waals surface area contributed by atoms with Gasteiger partial charge in [-0.3, -0.25) is 10.1 Å². The minimum atomic E-state index is -0.728. The number of anilines is 2. The van der Waals surface area contributed by atoms with Gasteiger partial charge in [-0.05, 0) is 145 Å². The Kier molecular flexibility index (Phi) is 12.3. The molecule has 0 bridgehead atoms. The minimum Gasteiger partial charge on any atom is -0.493 e. The average Bonchev–Trinajstić information content (AvgIpc) is 3.60. The van der Waals surface area contributed by atoms with E-state index in [1.54, 1.807) is 0 Å². The standard InChI is InChI=1S/C47H55N5O6S/c1-30-33(15-11-18-38(30)56-28-12-13-31-22-25-51(26-23-31)45(55)58-47(5,6)7)34-20-21-40(49-41(34)43(54)57-46(2,3)4)52-27-24-32-14-10-16-35(36(32)29-52)42(53)50-44-48-37-17-8-9-19-39(37)59-44/h8-11,14-21,31H,12-13,22-29H2,1-7H3,(H,48,50,53). The van der Waals surface area contributed by atoms with Crippen LogP contribution in [0, 0.1) is 12.8 Å². The lowest BCUT2D eigenvalue weighted by molar-refractivity contribution is 0.00627. The average molecular weight is 818 g/mol. The maximum absolute atomic E-state index is 13.9. The topological polar surface area (TPSA) is 123 Å². The molecule has 5 aromatic rings. The van der Waals surface area contributed by atoms with Gasteiger partial charge >= 0.3 is 12.1 Å². The first kappa shape index (κ1) is 41.7. The summed E-state index contributed by atoms with van der Waals surface area (Å²) in [5, 5.41) is 3.58. The van der Waals surface area contributed by atoms with E-state index in [2.05, 4.69) is 21.3 Å². The fourth-order valence-corrected chi connectivity index (χ4v) is 8.61. The Labute approximate surface area is 351 Å². The van der Waals surface area contributed by atoms with Crippen molar-refractivity contribution in [3.63, 3.8) is 0 Å². The highest BCUT2D eigenvalue weighted by atomic mass is 32.1. The van der Waals surface area contributed by atoms with E-state index in [4.69, 9.17) is 19.2 Å². The number of rotatable bonds is 10. The molecule has 1 N–H and O–H groups in total. The molecule has 2 amide bonds. The largest absolute Gasteiger partial charge is 0.493 e. The number of piperidine rings is 1. The monoisotopic (exact) mass is 817 g/mol. The Balaban J connectivity index is 1.05. The van der Waals surface area contributed by atoms with Crippen molar-refractivity contribution in [2.75, 3.05) is 36.5 Å². The Morgan fingerprint density at radius 2 is 1.58 bits per heavy atom. The molecule has 2 aliphatic heterocycles. The van der Waals surface area contributed by atoms with E-state index >= 15 is 0 Å². The summed E-state index contributed by atoms with van der Waals surface area (Å²) in [6.45, 7) is 16.3. The molecule has 0 unspecified atom stereocenters. The van der Waals surface area contributed by atoms with Gasteiger partial charge in [-0.15, -0.1) is 0 Å². The number of para-hydroxylation sites is 1. The molecule has 12 heteroatoms. The van der Waals surface area contributed by atoms with Crippen LogP contribution < -0.4 is 15.0 Å². The van der Waals surface area contributed by atoms with Crippen LogP contribution >= 0.6 is 11.3 Å². The van der Waals surface area contributed by atoms with Crippen molar-refractivity contribution in [2.24, 2.45) is 5.92 Å². The predicted octanol–water partition coefficient (Wildman–Crippen LogP) is 10.2. The smallest absolute Gasteiger partial charge is 0.410 e. The van der Waals surface area contributed by atoms with Gasteiger partial charge in [0.15, 0.2) is 10.8 Å². The van der Waals surface area contributed by atoms with Crippen molar-refractivity contribution >= 4 is 50.5 Å². The van der Waals surface area contributed by atoms with Crippen LogP contribution in [0.4, 0.5) is 15.7 Å². The molecule has 7 rings (SSSR count). The first-order valence-electron chi connectivity index (χ1n) is 20.6. The molecule has 0 aliphatic carbocycles. The fraction of sp³-hybridized carbons (Fsp3) is 0.426. The van der Waals surface area contributed by atoms with Gasteiger partial charge in [0, 0.05) is 37.3 Å². The van der Waals surface area contributed by atoms with Gasteiger partial charge in [-0.25, -0.2) is 19.6 Å². The number of likely N-dealkylation sites (tertiary alicyclic amines) is 1. The third-order valence-corrected chi connectivity index (χ3v) is 11.6. The predicted molar refractivity (Wildman–Crippen MR) is 234 cm³/mol. The van der Waals surface area contributed by atoms with Crippen molar-refractivity contribution in [1.82, 2.24) is 14.9 Å². The molecule has 1 saturated heterocycles. The Morgan fingerprint density at radius 3 is 2.32 bits per heavy atom. The zero-order valence-corrected chi connectivity index (χ0v) is 36.0. The number of nitrogens with one attached hydrogen (secondary N) is 1. The quantitative estimate of drug-likeness (QED) is 0.108. The van der Waals surface area contributed by atoms with Gasteiger partial charge < -0.3 is 24.0 Å². The molecule has 0 radical (unpaired) electrons. The van der Waals surface area contributed by atoms with Crippen molar-refractivity contribution in [3.8, 4) is 16.9 Å².